The number of esters is 1. The molecule has 9 heteroatoms. The zero-order chi connectivity index (χ0) is 33.9. The first-order chi connectivity index (χ1) is 20.9. The normalized spacial score (nSPS) is 13.8. The van der Waals surface area contributed by atoms with Crippen LogP contribution in [0.4, 0.5) is 4.79 Å². The monoisotopic (exact) mass is 623 g/mol. The number of amides is 3. The molecule has 0 aliphatic heterocycles. The molecule has 0 aliphatic carbocycles. The lowest BCUT2D eigenvalue weighted by Crippen LogP contribution is -2.54. The number of carbonyl (C=O) groups is 4. The van der Waals surface area contributed by atoms with Crippen molar-refractivity contribution in [3.05, 3.63) is 71.3 Å². The molecule has 2 N–H and O–H groups in total. The number of nitrogens with zero attached hydrogens (tertiary/aromatic N) is 1. The molecule has 2 aromatic rings. The van der Waals surface area contributed by atoms with E-state index >= 15 is 0 Å². The van der Waals surface area contributed by atoms with Crippen LogP contribution in [0.5, 0.6) is 0 Å². The summed E-state index contributed by atoms with van der Waals surface area (Å²) in [5.41, 5.74) is 0.771. The molecule has 0 spiro atoms. The highest BCUT2D eigenvalue weighted by Crippen LogP contribution is 2.29. The predicted molar refractivity (Wildman–Crippen MR) is 176 cm³/mol. The molecule has 0 radical (unpaired) electrons. The van der Waals surface area contributed by atoms with Crippen LogP contribution in [0.3, 0.4) is 0 Å². The molecule has 0 bridgehead atoms. The average molecular weight is 624 g/mol. The fourth-order valence-electron chi connectivity index (χ4n) is 4.89. The van der Waals surface area contributed by atoms with Crippen molar-refractivity contribution in [1.82, 2.24) is 15.5 Å². The standard InChI is InChI=1S/C36H53N3O6/c1-24(2)20-21-26(4)39(30(40)23-37-34(43)45-36(8,9)10)31(28-19-15-14-16-25(28)3)32(41)38-29(33(42)44-35(5,6)7)22-27-17-12-11-13-18-27/h11-19,24,26,29,31H,20-23H2,1-10H3,(H,37,43)(H,38,41). The van der Waals surface area contributed by atoms with Crippen molar-refractivity contribution in [2.75, 3.05) is 6.54 Å². The molecule has 0 saturated heterocycles. The Bertz CT molecular complexity index is 1280. The van der Waals surface area contributed by atoms with Crippen LogP contribution in [0.15, 0.2) is 54.6 Å². The number of nitrogens with one attached hydrogen (secondary N) is 2. The van der Waals surface area contributed by atoms with Gasteiger partial charge in [-0.1, -0.05) is 68.4 Å². The molecule has 0 heterocycles. The minimum Gasteiger partial charge on any atom is -0.458 e. The molecule has 3 atom stereocenters. The third-order valence-corrected chi connectivity index (χ3v) is 7.01. The Morgan fingerprint density at radius 2 is 1.38 bits per heavy atom. The van der Waals surface area contributed by atoms with Crippen LogP contribution < -0.4 is 10.6 Å². The number of hydrogen-bond acceptors (Lipinski definition) is 6. The Kier molecular flexibility index (Phi) is 13.6. The molecule has 3 unspecified atom stereocenters. The van der Waals surface area contributed by atoms with Gasteiger partial charge in [-0.05, 0) is 90.8 Å². The molecule has 2 aromatic carbocycles. The largest absolute Gasteiger partial charge is 0.458 e. The van der Waals surface area contributed by atoms with Gasteiger partial charge < -0.3 is 25.0 Å². The summed E-state index contributed by atoms with van der Waals surface area (Å²) in [6, 6.07) is 14.3. The highest BCUT2D eigenvalue weighted by Gasteiger charge is 2.38. The fraction of sp³-hybridized carbons (Fsp3) is 0.556. The Morgan fingerprint density at radius 3 is 1.93 bits per heavy atom. The van der Waals surface area contributed by atoms with Crippen LogP contribution in [0.1, 0.15) is 97.9 Å². The Hall–Kier alpha value is -3.88. The number of ether oxygens (including phenoxy) is 2. The molecule has 0 saturated carbocycles. The lowest BCUT2D eigenvalue weighted by atomic mass is 9.95. The number of aryl methyl sites for hydroxylation is 1. The Morgan fingerprint density at radius 1 is 0.800 bits per heavy atom. The molecular weight excluding hydrogens is 570 g/mol. The maximum absolute atomic E-state index is 14.5. The first-order valence-corrected chi connectivity index (χ1v) is 15.8. The zero-order valence-electron chi connectivity index (χ0n) is 28.7. The van der Waals surface area contributed by atoms with E-state index in [-0.39, 0.29) is 19.0 Å². The van der Waals surface area contributed by atoms with E-state index in [4.69, 9.17) is 9.47 Å². The van der Waals surface area contributed by atoms with Crippen molar-refractivity contribution in [3.63, 3.8) is 0 Å². The van der Waals surface area contributed by atoms with Gasteiger partial charge in [-0.15, -0.1) is 0 Å². The summed E-state index contributed by atoms with van der Waals surface area (Å²) in [6.07, 6.45) is 0.931. The maximum atomic E-state index is 14.5. The highest BCUT2D eigenvalue weighted by molar-refractivity contribution is 5.93. The summed E-state index contributed by atoms with van der Waals surface area (Å²) in [5, 5.41) is 5.50. The van der Waals surface area contributed by atoms with E-state index in [0.29, 0.717) is 17.9 Å². The van der Waals surface area contributed by atoms with Gasteiger partial charge >= 0.3 is 12.1 Å². The predicted octanol–water partition coefficient (Wildman–Crippen LogP) is 6.28. The average Bonchev–Trinajstić information content (AvgIpc) is 2.92. The fourth-order valence-corrected chi connectivity index (χ4v) is 4.89. The molecule has 3 amide bonds. The van der Waals surface area contributed by atoms with Crippen LogP contribution in [0.25, 0.3) is 0 Å². The van der Waals surface area contributed by atoms with E-state index in [1.165, 1.54) is 4.90 Å². The molecule has 9 nitrogen and oxygen atoms in total. The van der Waals surface area contributed by atoms with Crippen LogP contribution in [-0.2, 0) is 30.3 Å². The highest BCUT2D eigenvalue weighted by atomic mass is 16.6. The van der Waals surface area contributed by atoms with Gasteiger partial charge in [-0.3, -0.25) is 9.59 Å². The molecule has 2 rings (SSSR count). The van der Waals surface area contributed by atoms with E-state index in [1.54, 1.807) is 41.5 Å². The summed E-state index contributed by atoms with van der Waals surface area (Å²) >= 11 is 0. The second kappa shape index (κ2) is 16.4. The molecule has 0 aromatic heterocycles. The third-order valence-electron chi connectivity index (χ3n) is 7.01. The van der Waals surface area contributed by atoms with Crippen molar-refractivity contribution in [3.8, 4) is 0 Å². The lowest BCUT2D eigenvalue weighted by Gasteiger charge is -2.38. The quantitative estimate of drug-likeness (QED) is 0.254. The SMILES string of the molecule is Cc1ccccc1C(C(=O)NC(Cc1ccccc1)C(=O)OC(C)(C)C)N(C(=O)CNC(=O)OC(C)(C)C)C(C)CCC(C)C. The second-order valence-corrected chi connectivity index (χ2v) is 14.0. The van der Waals surface area contributed by atoms with Crippen LogP contribution in [0, 0.1) is 12.8 Å². The number of carbonyl (C=O) groups excluding carboxylic acids is 4. The Balaban J connectivity index is 2.56. The van der Waals surface area contributed by atoms with Crippen molar-refractivity contribution in [2.24, 2.45) is 5.92 Å². The Labute approximate surface area is 269 Å². The van der Waals surface area contributed by atoms with E-state index < -0.39 is 47.2 Å². The summed E-state index contributed by atoms with van der Waals surface area (Å²) in [4.78, 5) is 55.9. The van der Waals surface area contributed by atoms with Crippen LogP contribution in [-0.4, -0.2) is 58.6 Å². The minimum atomic E-state index is -1.08. The first kappa shape index (κ1) is 37.3. The summed E-state index contributed by atoms with van der Waals surface area (Å²) < 4.78 is 11.1. The number of benzene rings is 2. The van der Waals surface area contributed by atoms with Gasteiger partial charge in [0.25, 0.3) is 0 Å². The molecule has 45 heavy (non-hydrogen) atoms. The number of rotatable bonds is 13. The van der Waals surface area contributed by atoms with Crippen LogP contribution in [0.2, 0.25) is 0 Å². The van der Waals surface area contributed by atoms with Crippen LogP contribution >= 0.6 is 0 Å². The van der Waals surface area contributed by atoms with Gasteiger partial charge in [0, 0.05) is 12.5 Å². The maximum Gasteiger partial charge on any atom is 0.408 e. The summed E-state index contributed by atoms with van der Waals surface area (Å²) in [7, 11) is 0. The van der Waals surface area contributed by atoms with Crippen molar-refractivity contribution in [2.45, 2.75) is 118 Å². The van der Waals surface area contributed by atoms with Gasteiger partial charge in [-0.2, -0.15) is 0 Å². The third kappa shape index (κ3) is 12.9. The second-order valence-electron chi connectivity index (χ2n) is 14.0. The van der Waals surface area contributed by atoms with E-state index in [1.807, 2.05) is 68.4 Å². The van der Waals surface area contributed by atoms with Gasteiger partial charge in [0.1, 0.15) is 29.8 Å². The molecule has 248 valence electrons. The van der Waals surface area contributed by atoms with Crippen molar-refractivity contribution >= 4 is 23.9 Å². The smallest absolute Gasteiger partial charge is 0.408 e. The summed E-state index contributed by atoms with van der Waals surface area (Å²) in [5.74, 6) is -1.16. The minimum absolute atomic E-state index is 0.207. The van der Waals surface area contributed by atoms with Gasteiger partial charge in [0.2, 0.25) is 11.8 Å². The van der Waals surface area contributed by atoms with Gasteiger partial charge in [0.15, 0.2) is 0 Å². The van der Waals surface area contributed by atoms with Gasteiger partial charge in [0.05, 0.1) is 0 Å². The van der Waals surface area contributed by atoms with Crippen molar-refractivity contribution in [1.29, 1.82) is 0 Å². The van der Waals surface area contributed by atoms with Gasteiger partial charge in [-0.25, -0.2) is 9.59 Å². The molecule has 0 aliphatic rings. The zero-order valence-corrected chi connectivity index (χ0v) is 28.7. The van der Waals surface area contributed by atoms with E-state index in [2.05, 4.69) is 24.5 Å². The number of hydrogen-bond donors (Lipinski definition) is 2. The first-order valence-electron chi connectivity index (χ1n) is 15.8. The summed E-state index contributed by atoms with van der Waals surface area (Å²) in [6.45, 7) is 18.2. The van der Waals surface area contributed by atoms with Crippen molar-refractivity contribution < 1.29 is 28.7 Å². The number of alkyl carbamates (subject to hydrolysis) is 1. The van der Waals surface area contributed by atoms with E-state index in [9.17, 15) is 19.2 Å². The molecular formula is C36H53N3O6. The van der Waals surface area contributed by atoms with E-state index in [0.717, 1.165) is 17.5 Å². The topological polar surface area (TPSA) is 114 Å². The molecule has 0 fully saturated rings. The lowest BCUT2D eigenvalue weighted by molar-refractivity contribution is -0.159.